The Labute approximate surface area is 126 Å². The predicted molar refractivity (Wildman–Crippen MR) is 88.2 cm³/mol. The van der Waals surface area contributed by atoms with E-state index >= 15 is 0 Å². The van der Waals surface area contributed by atoms with Crippen LogP contribution in [0.4, 0.5) is 0 Å². The predicted octanol–water partition coefficient (Wildman–Crippen LogP) is 3.53. The molecule has 0 fully saturated rings. The van der Waals surface area contributed by atoms with Crippen molar-refractivity contribution < 1.29 is 0 Å². The first kappa shape index (κ1) is 16.3. The fraction of sp³-hybridized carbons (Fsp3) is 0.312. The molecule has 0 unspecified atom stereocenters. The SMILES string of the molecule is C=C(Cc1ccccc1Cl)NC/C=N/C(=C\NC)CC. The summed E-state index contributed by atoms with van der Waals surface area (Å²) in [5.41, 5.74) is 3.03. The van der Waals surface area contributed by atoms with E-state index in [0.29, 0.717) is 6.54 Å². The van der Waals surface area contributed by atoms with Gasteiger partial charge in [0.15, 0.2) is 0 Å². The maximum Gasteiger partial charge on any atom is 0.0553 e. The summed E-state index contributed by atoms with van der Waals surface area (Å²) in [5.74, 6) is 0. The molecule has 1 aromatic carbocycles. The molecule has 0 saturated heterocycles. The topological polar surface area (TPSA) is 36.4 Å². The van der Waals surface area contributed by atoms with Crippen molar-refractivity contribution in [3.8, 4) is 0 Å². The minimum Gasteiger partial charge on any atom is -0.393 e. The maximum absolute atomic E-state index is 6.12. The first-order valence-electron chi connectivity index (χ1n) is 6.71. The summed E-state index contributed by atoms with van der Waals surface area (Å²) in [6.45, 7) is 6.74. The Bertz CT molecular complexity index is 492. The van der Waals surface area contributed by atoms with Crippen LogP contribution in [0.15, 0.2) is 53.4 Å². The molecular weight excluding hydrogens is 270 g/mol. The van der Waals surface area contributed by atoms with E-state index in [2.05, 4.69) is 29.1 Å². The van der Waals surface area contributed by atoms with Crippen molar-refractivity contribution in [1.82, 2.24) is 10.6 Å². The third kappa shape index (κ3) is 5.93. The van der Waals surface area contributed by atoms with Gasteiger partial charge in [0.25, 0.3) is 0 Å². The fourth-order valence-electron chi connectivity index (χ4n) is 1.68. The smallest absolute Gasteiger partial charge is 0.0553 e. The molecule has 2 N–H and O–H groups in total. The van der Waals surface area contributed by atoms with E-state index < -0.39 is 0 Å². The summed E-state index contributed by atoms with van der Waals surface area (Å²) in [4.78, 5) is 4.37. The molecule has 0 spiro atoms. The van der Waals surface area contributed by atoms with Gasteiger partial charge in [-0.15, -0.1) is 0 Å². The highest BCUT2D eigenvalue weighted by Crippen LogP contribution is 2.16. The molecule has 4 heteroatoms. The van der Waals surface area contributed by atoms with Crippen LogP contribution < -0.4 is 10.6 Å². The molecule has 0 amide bonds. The fourth-order valence-corrected chi connectivity index (χ4v) is 1.89. The number of rotatable bonds is 8. The summed E-state index contributed by atoms with van der Waals surface area (Å²) in [6, 6.07) is 7.80. The zero-order chi connectivity index (χ0) is 14.8. The largest absolute Gasteiger partial charge is 0.393 e. The average Bonchev–Trinajstić information content (AvgIpc) is 2.44. The molecule has 0 atom stereocenters. The molecule has 1 aromatic rings. The zero-order valence-electron chi connectivity index (χ0n) is 12.1. The van der Waals surface area contributed by atoms with Gasteiger partial charge < -0.3 is 10.6 Å². The van der Waals surface area contributed by atoms with Gasteiger partial charge in [-0.25, -0.2) is 0 Å². The van der Waals surface area contributed by atoms with Crippen molar-refractivity contribution >= 4 is 17.8 Å². The van der Waals surface area contributed by atoms with Crippen molar-refractivity contribution in [1.29, 1.82) is 0 Å². The third-order valence-electron chi connectivity index (χ3n) is 2.74. The molecule has 1 rings (SSSR count). The maximum atomic E-state index is 6.12. The molecule has 0 saturated carbocycles. The standard InChI is InChI=1S/C16H22ClN3/c1-4-15(12-18-3)20-10-9-19-13(2)11-14-7-5-6-8-16(14)17/h5-8,10,12,18-19H,2,4,9,11H2,1,3H3/b15-12-,20-10+. The molecule has 0 aliphatic carbocycles. The molecule has 108 valence electrons. The summed E-state index contributed by atoms with van der Waals surface area (Å²) >= 11 is 6.12. The second-order valence-electron chi connectivity index (χ2n) is 4.34. The normalized spacial score (nSPS) is 11.7. The summed E-state index contributed by atoms with van der Waals surface area (Å²) in [6.07, 6.45) is 5.37. The number of nitrogens with one attached hydrogen (secondary N) is 2. The Morgan fingerprint density at radius 3 is 2.80 bits per heavy atom. The minimum atomic E-state index is 0.657. The van der Waals surface area contributed by atoms with E-state index in [1.807, 2.05) is 43.7 Å². The van der Waals surface area contributed by atoms with Crippen LogP contribution in [-0.4, -0.2) is 19.8 Å². The lowest BCUT2D eigenvalue weighted by Crippen LogP contribution is -2.16. The number of nitrogens with zero attached hydrogens (tertiary/aromatic N) is 1. The van der Waals surface area contributed by atoms with Gasteiger partial charge in [-0.3, -0.25) is 4.99 Å². The number of halogens is 1. The quantitative estimate of drug-likeness (QED) is 0.719. The highest BCUT2D eigenvalue weighted by molar-refractivity contribution is 6.31. The number of hydrogen-bond acceptors (Lipinski definition) is 3. The molecule has 0 aliphatic heterocycles. The molecule has 0 heterocycles. The zero-order valence-corrected chi connectivity index (χ0v) is 12.9. The van der Waals surface area contributed by atoms with Gasteiger partial charge in [-0.2, -0.15) is 0 Å². The van der Waals surface area contributed by atoms with Gasteiger partial charge in [0.2, 0.25) is 0 Å². The third-order valence-corrected chi connectivity index (χ3v) is 3.10. The van der Waals surface area contributed by atoms with Crippen molar-refractivity contribution in [3.05, 3.63) is 59.0 Å². The van der Waals surface area contributed by atoms with Gasteiger partial charge >= 0.3 is 0 Å². The Hall–Kier alpha value is -1.74. The van der Waals surface area contributed by atoms with Gasteiger partial charge in [0, 0.05) is 36.6 Å². The molecule has 0 aliphatic rings. The molecular formula is C16H22ClN3. The van der Waals surface area contributed by atoms with Crippen LogP contribution in [0.5, 0.6) is 0 Å². The Morgan fingerprint density at radius 2 is 2.15 bits per heavy atom. The first-order valence-corrected chi connectivity index (χ1v) is 7.09. The van der Waals surface area contributed by atoms with E-state index in [4.69, 9.17) is 11.6 Å². The van der Waals surface area contributed by atoms with Gasteiger partial charge in [-0.1, -0.05) is 43.3 Å². The lowest BCUT2D eigenvalue weighted by Gasteiger charge is -2.08. The van der Waals surface area contributed by atoms with Gasteiger partial charge in [-0.05, 0) is 18.1 Å². The molecule has 20 heavy (non-hydrogen) atoms. The van der Waals surface area contributed by atoms with E-state index in [-0.39, 0.29) is 0 Å². The van der Waals surface area contributed by atoms with E-state index in [9.17, 15) is 0 Å². The second-order valence-corrected chi connectivity index (χ2v) is 4.75. The van der Waals surface area contributed by atoms with Crippen molar-refractivity contribution in [2.45, 2.75) is 19.8 Å². The van der Waals surface area contributed by atoms with E-state index in [1.54, 1.807) is 0 Å². The molecule has 0 radical (unpaired) electrons. The van der Waals surface area contributed by atoms with E-state index in [1.165, 1.54) is 0 Å². The molecule has 0 bridgehead atoms. The first-order chi connectivity index (χ1) is 9.67. The highest BCUT2D eigenvalue weighted by atomic mass is 35.5. The van der Waals surface area contributed by atoms with Crippen LogP contribution in [-0.2, 0) is 6.42 Å². The van der Waals surface area contributed by atoms with Crippen LogP contribution in [0.2, 0.25) is 5.02 Å². The number of allylic oxidation sites excluding steroid dienone is 2. The monoisotopic (exact) mass is 291 g/mol. The van der Waals surface area contributed by atoms with Crippen LogP contribution in [0.1, 0.15) is 18.9 Å². The minimum absolute atomic E-state index is 0.657. The average molecular weight is 292 g/mol. The van der Waals surface area contributed by atoms with E-state index in [0.717, 1.165) is 34.8 Å². The summed E-state index contributed by atoms with van der Waals surface area (Å²) in [7, 11) is 1.87. The van der Waals surface area contributed by atoms with Crippen molar-refractivity contribution in [2.75, 3.05) is 13.6 Å². The summed E-state index contributed by atoms with van der Waals surface area (Å²) < 4.78 is 0. The Kier molecular flexibility index (Phi) is 7.51. The van der Waals surface area contributed by atoms with Crippen LogP contribution in [0, 0.1) is 0 Å². The van der Waals surface area contributed by atoms with Gasteiger partial charge in [0.05, 0.1) is 12.2 Å². The van der Waals surface area contributed by atoms with Crippen molar-refractivity contribution in [3.63, 3.8) is 0 Å². The molecule has 3 nitrogen and oxygen atoms in total. The highest BCUT2D eigenvalue weighted by Gasteiger charge is 2.00. The van der Waals surface area contributed by atoms with Crippen LogP contribution in [0.25, 0.3) is 0 Å². The lowest BCUT2D eigenvalue weighted by atomic mass is 10.1. The number of aliphatic imine (C=N–C) groups is 1. The lowest BCUT2D eigenvalue weighted by molar-refractivity contribution is 0.886. The number of benzene rings is 1. The second kappa shape index (κ2) is 9.21. The number of hydrogen-bond donors (Lipinski definition) is 2. The Morgan fingerprint density at radius 1 is 1.40 bits per heavy atom. The molecule has 0 aromatic heterocycles. The van der Waals surface area contributed by atoms with Crippen LogP contribution in [0.3, 0.4) is 0 Å². The van der Waals surface area contributed by atoms with Crippen LogP contribution >= 0.6 is 11.6 Å². The van der Waals surface area contributed by atoms with Crippen molar-refractivity contribution in [2.24, 2.45) is 4.99 Å². The Balaban J connectivity index is 2.39. The van der Waals surface area contributed by atoms with Gasteiger partial charge in [0.1, 0.15) is 0 Å². The summed E-state index contributed by atoms with van der Waals surface area (Å²) in [5, 5.41) is 6.98.